The summed E-state index contributed by atoms with van der Waals surface area (Å²) in [6.45, 7) is 5.02. The van der Waals surface area contributed by atoms with Gasteiger partial charge in [0.15, 0.2) is 0 Å². The summed E-state index contributed by atoms with van der Waals surface area (Å²) in [5.41, 5.74) is 1.19. The largest absolute Gasteiger partial charge is 0.388 e. The Balaban J connectivity index is 2.56. The molecule has 0 aliphatic carbocycles. The number of aromatic nitrogens is 2. The van der Waals surface area contributed by atoms with E-state index in [4.69, 9.17) is 11.6 Å². The van der Waals surface area contributed by atoms with Gasteiger partial charge in [-0.2, -0.15) is 16.9 Å². The molecule has 6 heteroatoms. The maximum Gasteiger partial charge on any atom is 0.0863 e. The molecular formula is C12H22ClN3OS. The Hall–Kier alpha value is -0.230. The van der Waals surface area contributed by atoms with Crippen LogP contribution in [0.4, 0.5) is 0 Å². The molecule has 0 saturated carbocycles. The fourth-order valence-corrected chi connectivity index (χ4v) is 2.91. The van der Waals surface area contributed by atoms with Crippen LogP contribution in [0.1, 0.15) is 25.2 Å². The van der Waals surface area contributed by atoms with Gasteiger partial charge in [-0.25, -0.2) is 0 Å². The van der Waals surface area contributed by atoms with Crippen LogP contribution in [-0.4, -0.2) is 39.0 Å². The number of hydrogen-bond acceptors (Lipinski definition) is 4. The minimum Gasteiger partial charge on any atom is -0.388 e. The van der Waals surface area contributed by atoms with Gasteiger partial charge >= 0.3 is 0 Å². The summed E-state index contributed by atoms with van der Waals surface area (Å²) in [7, 11) is 1.89. The van der Waals surface area contributed by atoms with Crippen molar-refractivity contribution < 1.29 is 5.11 Å². The van der Waals surface area contributed by atoms with E-state index < -0.39 is 5.60 Å². The third-order valence-corrected chi connectivity index (χ3v) is 4.10. The molecule has 104 valence electrons. The Morgan fingerprint density at radius 3 is 2.72 bits per heavy atom. The van der Waals surface area contributed by atoms with E-state index in [2.05, 4.69) is 10.4 Å². The second-order valence-electron chi connectivity index (χ2n) is 4.72. The van der Waals surface area contributed by atoms with E-state index in [9.17, 15) is 5.11 Å². The number of thioether (sulfide) groups is 1. The number of rotatable bonds is 7. The topological polar surface area (TPSA) is 50.1 Å². The van der Waals surface area contributed by atoms with Gasteiger partial charge in [0.1, 0.15) is 0 Å². The van der Waals surface area contributed by atoms with Crippen molar-refractivity contribution in [2.24, 2.45) is 7.05 Å². The van der Waals surface area contributed by atoms with Crippen LogP contribution in [0.5, 0.6) is 0 Å². The Bertz CT molecular complexity index is 393. The van der Waals surface area contributed by atoms with Crippen molar-refractivity contribution in [2.75, 3.05) is 18.6 Å². The lowest BCUT2D eigenvalue weighted by atomic mass is 10.1. The number of hydrogen-bond donors (Lipinski definition) is 2. The van der Waals surface area contributed by atoms with E-state index in [1.807, 2.05) is 27.2 Å². The number of nitrogens with one attached hydrogen (secondary N) is 1. The summed E-state index contributed by atoms with van der Waals surface area (Å²) < 4.78 is 1.80. The summed E-state index contributed by atoms with van der Waals surface area (Å²) in [6, 6.07) is 0. The smallest absolute Gasteiger partial charge is 0.0863 e. The Morgan fingerprint density at radius 2 is 2.22 bits per heavy atom. The standard InChI is InChI=1S/C12H22ClN3OS/c1-5-9-11(13)10(16(3)15-9)6-14-7-12(2,17)8-18-4/h14,17H,5-8H2,1-4H3. The molecule has 18 heavy (non-hydrogen) atoms. The highest BCUT2D eigenvalue weighted by Gasteiger charge is 2.20. The van der Waals surface area contributed by atoms with Crippen molar-refractivity contribution in [3.05, 3.63) is 16.4 Å². The van der Waals surface area contributed by atoms with Crippen molar-refractivity contribution in [1.29, 1.82) is 0 Å². The van der Waals surface area contributed by atoms with E-state index in [0.29, 0.717) is 18.8 Å². The predicted octanol–water partition coefficient (Wildman–Crippen LogP) is 1.84. The van der Waals surface area contributed by atoms with Gasteiger partial charge in [0.05, 0.1) is 22.0 Å². The van der Waals surface area contributed by atoms with Gasteiger partial charge in [-0.05, 0) is 19.6 Å². The minimum absolute atomic E-state index is 0.538. The second kappa shape index (κ2) is 6.80. The van der Waals surface area contributed by atoms with Gasteiger partial charge < -0.3 is 10.4 Å². The molecule has 1 heterocycles. The lowest BCUT2D eigenvalue weighted by molar-refractivity contribution is 0.0844. The highest BCUT2D eigenvalue weighted by Crippen LogP contribution is 2.20. The second-order valence-corrected chi connectivity index (χ2v) is 5.96. The van der Waals surface area contributed by atoms with Crippen LogP contribution >= 0.6 is 23.4 Å². The average Bonchev–Trinajstić information content (AvgIpc) is 2.55. The van der Waals surface area contributed by atoms with E-state index in [1.165, 1.54) is 0 Å². The molecule has 1 aromatic rings. The first-order valence-electron chi connectivity index (χ1n) is 6.03. The Kier molecular flexibility index (Phi) is 5.98. The molecule has 1 unspecified atom stereocenters. The van der Waals surface area contributed by atoms with E-state index >= 15 is 0 Å². The molecule has 0 bridgehead atoms. The van der Waals surface area contributed by atoms with E-state index in [0.717, 1.165) is 22.8 Å². The molecule has 0 aliphatic rings. The van der Waals surface area contributed by atoms with Crippen LogP contribution in [0, 0.1) is 0 Å². The molecule has 1 aromatic heterocycles. The Labute approximate surface area is 118 Å². The SMILES string of the molecule is CCc1nn(C)c(CNCC(C)(O)CSC)c1Cl. The molecule has 4 nitrogen and oxygen atoms in total. The molecule has 0 spiro atoms. The molecule has 0 aliphatic heterocycles. The van der Waals surface area contributed by atoms with Gasteiger partial charge in [-0.15, -0.1) is 0 Å². The van der Waals surface area contributed by atoms with Crippen LogP contribution in [0.3, 0.4) is 0 Å². The van der Waals surface area contributed by atoms with Gasteiger partial charge in [0.2, 0.25) is 0 Å². The maximum atomic E-state index is 10.0. The van der Waals surface area contributed by atoms with Crippen molar-refractivity contribution in [3.8, 4) is 0 Å². The summed E-state index contributed by atoms with van der Waals surface area (Å²) >= 11 is 7.89. The summed E-state index contributed by atoms with van der Waals surface area (Å²) in [5, 5.41) is 18.4. The van der Waals surface area contributed by atoms with Gasteiger partial charge in [-0.1, -0.05) is 18.5 Å². The Morgan fingerprint density at radius 1 is 1.56 bits per heavy atom. The zero-order valence-corrected chi connectivity index (χ0v) is 13.0. The first kappa shape index (κ1) is 15.8. The molecule has 0 aromatic carbocycles. The van der Waals surface area contributed by atoms with Crippen LogP contribution < -0.4 is 5.32 Å². The molecule has 2 N–H and O–H groups in total. The van der Waals surface area contributed by atoms with Crippen LogP contribution in [-0.2, 0) is 20.0 Å². The minimum atomic E-state index is -0.696. The molecular weight excluding hydrogens is 270 g/mol. The fraction of sp³-hybridized carbons (Fsp3) is 0.750. The monoisotopic (exact) mass is 291 g/mol. The summed E-state index contributed by atoms with van der Waals surface area (Å²) in [5.74, 6) is 0.708. The molecule has 1 atom stereocenters. The fourth-order valence-electron chi connectivity index (χ4n) is 1.82. The first-order valence-corrected chi connectivity index (χ1v) is 7.80. The van der Waals surface area contributed by atoms with Gasteiger partial charge in [0, 0.05) is 25.9 Å². The van der Waals surface area contributed by atoms with Gasteiger partial charge in [-0.3, -0.25) is 4.68 Å². The van der Waals surface area contributed by atoms with E-state index in [-0.39, 0.29) is 0 Å². The number of halogens is 1. The number of aliphatic hydroxyl groups is 1. The van der Waals surface area contributed by atoms with Crippen molar-refractivity contribution in [1.82, 2.24) is 15.1 Å². The average molecular weight is 292 g/mol. The normalized spacial score (nSPS) is 14.8. The van der Waals surface area contributed by atoms with Crippen LogP contribution in [0.2, 0.25) is 5.02 Å². The van der Waals surface area contributed by atoms with Gasteiger partial charge in [0.25, 0.3) is 0 Å². The predicted molar refractivity (Wildman–Crippen MR) is 78.3 cm³/mol. The molecule has 0 amide bonds. The number of nitrogens with zero attached hydrogens (tertiary/aromatic N) is 2. The zero-order valence-electron chi connectivity index (χ0n) is 11.5. The van der Waals surface area contributed by atoms with Crippen molar-refractivity contribution in [3.63, 3.8) is 0 Å². The molecule has 0 fully saturated rings. The third-order valence-electron chi connectivity index (χ3n) is 2.76. The maximum absolute atomic E-state index is 10.0. The van der Waals surface area contributed by atoms with Crippen LogP contribution in [0.25, 0.3) is 0 Å². The van der Waals surface area contributed by atoms with Crippen molar-refractivity contribution in [2.45, 2.75) is 32.4 Å². The molecule has 1 rings (SSSR count). The van der Waals surface area contributed by atoms with Crippen molar-refractivity contribution >= 4 is 23.4 Å². The molecule has 0 radical (unpaired) electrons. The van der Waals surface area contributed by atoms with Crippen LogP contribution in [0.15, 0.2) is 0 Å². The lowest BCUT2D eigenvalue weighted by Gasteiger charge is -2.22. The quantitative estimate of drug-likeness (QED) is 0.805. The van der Waals surface area contributed by atoms with E-state index in [1.54, 1.807) is 16.4 Å². The summed E-state index contributed by atoms with van der Waals surface area (Å²) in [4.78, 5) is 0. The zero-order chi connectivity index (χ0) is 13.8. The molecule has 0 saturated heterocycles. The lowest BCUT2D eigenvalue weighted by Crippen LogP contribution is -2.39. The highest BCUT2D eigenvalue weighted by molar-refractivity contribution is 7.98. The summed E-state index contributed by atoms with van der Waals surface area (Å²) in [6.07, 6.45) is 2.82. The number of aryl methyl sites for hydroxylation is 2. The highest BCUT2D eigenvalue weighted by atomic mass is 35.5. The first-order chi connectivity index (χ1) is 8.41. The third kappa shape index (κ3) is 4.16.